The van der Waals surface area contributed by atoms with Crippen molar-refractivity contribution < 1.29 is 9.53 Å². The van der Waals surface area contributed by atoms with E-state index >= 15 is 0 Å². The minimum Gasteiger partial charge on any atom is -0.444 e. The van der Waals surface area contributed by atoms with Gasteiger partial charge in [-0.1, -0.05) is 0 Å². The van der Waals surface area contributed by atoms with Crippen molar-refractivity contribution in [2.24, 2.45) is 10.7 Å². The van der Waals surface area contributed by atoms with Crippen LogP contribution in [0.4, 0.5) is 4.79 Å². The average molecular weight is 472 g/mol. The third-order valence-corrected chi connectivity index (χ3v) is 4.36. The number of aliphatic imine (C=N–C) groups is 1. The van der Waals surface area contributed by atoms with Crippen LogP contribution in [0.3, 0.4) is 0 Å². The van der Waals surface area contributed by atoms with Crippen LogP contribution in [0.15, 0.2) is 4.99 Å². The molecular weight excluding hydrogens is 439 g/mol. The molecule has 142 valence electrons. The van der Waals surface area contributed by atoms with Gasteiger partial charge in [-0.25, -0.2) is 4.79 Å². The van der Waals surface area contributed by atoms with Gasteiger partial charge in [0.05, 0.1) is 0 Å². The second-order valence-electron chi connectivity index (χ2n) is 6.96. The van der Waals surface area contributed by atoms with Gasteiger partial charge < -0.3 is 20.3 Å². The van der Waals surface area contributed by atoms with Crippen LogP contribution in [-0.2, 0) is 4.74 Å². The van der Waals surface area contributed by atoms with Crippen LogP contribution in [0.25, 0.3) is 0 Å². The molecule has 1 saturated heterocycles. The number of nitrogens with zero attached hydrogens (tertiary/aromatic N) is 3. The number of thioether (sulfide) groups is 1. The fraction of sp³-hybridized carbons (Fsp3) is 0.875. The molecule has 24 heavy (non-hydrogen) atoms. The molecule has 1 aliphatic heterocycles. The lowest BCUT2D eigenvalue weighted by atomic mass is 10.2. The Kier molecular flexibility index (Phi) is 11.1. The van der Waals surface area contributed by atoms with E-state index in [0.717, 1.165) is 31.0 Å². The predicted octanol–water partition coefficient (Wildman–Crippen LogP) is 3.00. The molecule has 0 radical (unpaired) electrons. The van der Waals surface area contributed by atoms with E-state index < -0.39 is 5.60 Å². The molecule has 0 aromatic carbocycles. The number of hydrogen-bond donors (Lipinski definition) is 1. The third kappa shape index (κ3) is 9.19. The van der Waals surface area contributed by atoms with E-state index in [4.69, 9.17) is 10.5 Å². The van der Waals surface area contributed by atoms with Gasteiger partial charge in [-0.2, -0.15) is 11.8 Å². The number of carbonyl (C=O) groups excluding carboxylic acids is 1. The first-order chi connectivity index (χ1) is 10.7. The predicted molar refractivity (Wildman–Crippen MR) is 113 cm³/mol. The van der Waals surface area contributed by atoms with Crippen LogP contribution in [0, 0.1) is 0 Å². The van der Waals surface area contributed by atoms with Gasteiger partial charge in [0.25, 0.3) is 0 Å². The van der Waals surface area contributed by atoms with E-state index in [9.17, 15) is 4.79 Å². The van der Waals surface area contributed by atoms with E-state index in [1.807, 2.05) is 46.4 Å². The zero-order valence-corrected chi connectivity index (χ0v) is 18.7. The topological polar surface area (TPSA) is 71.2 Å². The van der Waals surface area contributed by atoms with E-state index in [-0.39, 0.29) is 36.1 Å². The molecule has 1 rings (SSSR count). The van der Waals surface area contributed by atoms with Gasteiger partial charge in [-0.05, 0) is 41.0 Å². The lowest BCUT2D eigenvalue weighted by Gasteiger charge is -2.30. The van der Waals surface area contributed by atoms with Crippen molar-refractivity contribution in [3.05, 3.63) is 0 Å². The normalized spacial score (nSPS) is 15.9. The van der Waals surface area contributed by atoms with Crippen molar-refractivity contribution in [3.8, 4) is 0 Å². The fourth-order valence-electron chi connectivity index (χ4n) is 2.21. The molecule has 0 unspecified atom stereocenters. The standard InChI is InChI=1S/C16H32N4O2S.HI/c1-13(2)20(15(21)22-16(3,4)5)8-6-7-18-14(17)19-9-11-23-12-10-19;/h13H,6-12H2,1-5H3,(H2,17,18);1H. The molecule has 0 aromatic rings. The zero-order chi connectivity index (χ0) is 17.5. The van der Waals surface area contributed by atoms with Crippen molar-refractivity contribution in [1.29, 1.82) is 0 Å². The number of nitrogens with two attached hydrogens (primary N) is 1. The summed E-state index contributed by atoms with van der Waals surface area (Å²) in [5.41, 5.74) is 5.56. The summed E-state index contributed by atoms with van der Waals surface area (Å²) >= 11 is 1.95. The second kappa shape index (κ2) is 11.3. The summed E-state index contributed by atoms with van der Waals surface area (Å²) in [7, 11) is 0. The second-order valence-corrected chi connectivity index (χ2v) is 8.19. The van der Waals surface area contributed by atoms with Gasteiger partial charge in [-0.3, -0.25) is 4.99 Å². The molecule has 0 bridgehead atoms. The molecule has 0 aliphatic carbocycles. The van der Waals surface area contributed by atoms with Crippen LogP contribution in [0.1, 0.15) is 41.0 Å². The van der Waals surface area contributed by atoms with Gasteiger partial charge in [0.1, 0.15) is 5.60 Å². The van der Waals surface area contributed by atoms with Gasteiger partial charge in [0.2, 0.25) is 0 Å². The maximum absolute atomic E-state index is 12.2. The summed E-state index contributed by atoms with van der Waals surface area (Å²) in [6.45, 7) is 12.8. The van der Waals surface area contributed by atoms with Crippen molar-refractivity contribution in [2.75, 3.05) is 37.7 Å². The smallest absolute Gasteiger partial charge is 0.410 e. The number of halogens is 1. The highest BCUT2D eigenvalue weighted by Gasteiger charge is 2.23. The molecule has 0 aromatic heterocycles. The molecule has 6 nitrogen and oxygen atoms in total. The van der Waals surface area contributed by atoms with E-state index in [1.54, 1.807) is 4.90 Å². The van der Waals surface area contributed by atoms with Gasteiger partial charge in [0, 0.05) is 43.7 Å². The average Bonchev–Trinajstić information content (AvgIpc) is 2.45. The zero-order valence-electron chi connectivity index (χ0n) is 15.6. The highest BCUT2D eigenvalue weighted by atomic mass is 127. The maximum Gasteiger partial charge on any atom is 0.410 e. The number of amides is 1. The van der Waals surface area contributed by atoms with Crippen LogP contribution < -0.4 is 5.73 Å². The number of rotatable bonds is 5. The number of ether oxygens (including phenoxy) is 1. The Morgan fingerprint density at radius 2 is 1.92 bits per heavy atom. The van der Waals surface area contributed by atoms with Crippen LogP contribution in [0.2, 0.25) is 0 Å². The quantitative estimate of drug-likeness (QED) is 0.288. The molecule has 2 N–H and O–H groups in total. The number of carbonyl (C=O) groups is 1. The van der Waals surface area contributed by atoms with Crippen molar-refractivity contribution in [1.82, 2.24) is 9.80 Å². The number of guanidine groups is 1. The highest BCUT2D eigenvalue weighted by molar-refractivity contribution is 14.0. The minimum atomic E-state index is -0.473. The molecule has 0 saturated carbocycles. The Balaban J connectivity index is 0.00000529. The fourth-order valence-corrected chi connectivity index (χ4v) is 3.11. The maximum atomic E-state index is 12.2. The third-order valence-electron chi connectivity index (χ3n) is 3.42. The first-order valence-electron chi connectivity index (χ1n) is 8.33. The largest absolute Gasteiger partial charge is 0.444 e. The highest BCUT2D eigenvalue weighted by Crippen LogP contribution is 2.12. The van der Waals surface area contributed by atoms with Crippen LogP contribution in [0.5, 0.6) is 0 Å². The first-order valence-corrected chi connectivity index (χ1v) is 9.48. The number of hydrogen-bond acceptors (Lipinski definition) is 4. The Morgan fingerprint density at radius 1 is 1.33 bits per heavy atom. The molecule has 8 heteroatoms. The van der Waals surface area contributed by atoms with Crippen LogP contribution in [-0.4, -0.2) is 71.2 Å². The SMILES string of the molecule is CC(C)N(CCCN=C(N)N1CCSCC1)C(=O)OC(C)(C)C.I. The summed E-state index contributed by atoms with van der Waals surface area (Å²) in [4.78, 5) is 20.5. The first kappa shape index (κ1) is 23.6. The van der Waals surface area contributed by atoms with Gasteiger partial charge in [-0.15, -0.1) is 24.0 Å². The van der Waals surface area contributed by atoms with Crippen molar-refractivity contribution >= 4 is 47.8 Å². The molecule has 1 fully saturated rings. The summed E-state index contributed by atoms with van der Waals surface area (Å²) in [5, 5.41) is 0. The Labute approximate surface area is 168 Å². The summed E-state index contributed by atoms with van der Waals surface area (Å²) < 4.78 is 5.45. The Bertz CT molecular complexity index is 407. The molecular formula is C16H33IN4O2S. The van der Waals surface area contributed by atoms with Crippen molar-refractivity contribution in [3.63, 3.8) is 0 Å². The van der Waals surface area contributed by atoms with Gasteiger partial charge >= 0.3 is 6.09 Å². The molecule has 0 atom stereocenters. The lowest BCUT2D eigenvalue weighted by Crippen LogP contribution is -2.43. The monoisotopic (exact) mass is 472 g/mol. The van der Waals surface area contributed by atoms with Crippen LogP contribution >= 0.6 is 35.7 Å². The lowest BCUT2D eigenvalue weighted by molar-refractivity contribution is 0.0190. The summed E-state index contributed by atoms with van der Waals surface area (Å²) in [6.07, 6.45) is 0.512. The summed E-state index contributed by atoms with van der Waals surface area (Å²) in [6, 6.07) is 0.102. The van der Waals surface area contributed by atoms with Gasteiger partial charge in [0.15, 0.2) is 5.96 Å². The molecule has 1 amide bonds. The molecule has 1 heterocycles. The van der Waals surface area contributed by atoms with Crippen molar-refractivity contribution in [2.45, 2.75) is 52.7 Å². The summed E-state index contributed by atoms with van der Waals surface area (Å²) in [5.74, 6) is 2.84. The Hall–Kier alpha value is -0.380. The van der Waals surface area contributed by atoms with E-state index in [0.29, 0.717) is 19.0 Å². The molecule has 0 spiro atoms. The van der Waals surface area contributed by atoms with E-state index in [2.05, 4.69) is 9.89 Å². The Morgan fingerprint density at radius 3 is 2.42 bits per heavy atom. The van der Waals surface area contributed by atoms with E-state index in [1.165, 1.54) is 0 Å². The minimum absolute atomic E-state index is 0. The molecule has 1 aliphatic rings.